The highest BCUT2D eigenvalue weighted by molar-refractivity contribution is 7.94. The lowest BCUT2D eigenvalue weighted by atomic mass is 10.3. The maximum atomic E-state index is 10.8. The molecule has 0 saturated carbocycles. The van der Waals surface area contributed by atoms with Gasteiger partial charge in [0, 0.05) is 11.8 Å². The van der Waals surface area contributed by atoms with Crippen LogP contribution in [-0.4, -0.2) is 20.5 Å². The molecular formula is C7H12O3S. The summed E-state index contributed by atoms with van der Waals surface area (Å²) in [6.07, 6.45) is 2.40. The highest BCUT2D eigenvalue weighted by atomic mass is 32.2. The van der Waals surface area contributed by atoms with Crippen LogP contribution in [0.2, 0.25) is 0 Å². The first-order chi connectivity index (χ1) is 5.12. The van der Waals surface area contributed by atoms with Crippen LogP contribution in [0.15, 0.2) is 12.0 Å². The molecule has 0 atom stereocenters. The average Bonchev–Trinajstić information content (AvgIpc) is 1.99. The molecule has 0 saturated heterocycles. The van der Waals surface area contributed by atoms with Crippen LogP contribution < -0.4 is 0 Å². The molecular weight excluding hydrogens is 164 g/mol. The van der Waals surface area contributed by atoms with Crippen molar-refractivity contribution in [3.8, 4) is 0 Å². The van der Waals surface area contributed by atoms with E-state index in [9.17, 15) is 13.2 Å². The standard InChI is InChI=1S/C7H12O3S/c1-2-11(9,10)7-5-3-4-6-8/h2,6H,1,3-5,7H2. The van der Waals surface area contributed by atoms with Crippen LogP contribution in [-0.2, 0) is 14.6 Å². The third-order valence-electron chi connectivity index (χ3n) is 1.25. The predicted molar refractivity (Wildman–Crippen MR) is 43.9 cm³/mol. The maximum absolute atomic E-state index is 10.8. The number of sulfone groups is 1. The molecule has 64 valence electrons. The van der Waals surface area contributed by atoms with Gasteiger partial charge in [0.1, 0.15) is 6.29 Å². The lowest BCUT2D eigenvalue weighted by Crippen LogP contribution is -2.01. The maximum Gasteiger partial charge on any atom is 0.171 e. The van der Waals surface area contributed by atoms with E-state index in [2.05, 4.69) is 6.58 Å². The van der Waals surface area contributed by atoms with Crippen LogP contribution in [0.4, 0.5) is 0 Å². The quantitative estimate of drug-likeness (QED) is 0.446. The van der Waals surface area contributed by atoms with Gasteiger partial charge in [-0.15, -0.1) is 0 Å². The Labute approximate surface area is 67.0 Å². The smallest absolute Gasteiger partial charge is 0.171 e. The lowest BCUT2D eigenvalue weighted by molar-refractivity contribution is -0.107. The molecule has 0 aliphatic heterocycles. The first-order valence-electron chi connectivity index (χ1n) is 3.41. The van der Waals surface area contributed by atoms with Gasteiger partial charge >= 0.3 is 0 Å². The largest absolute Gasteiger partial charge is 0.303 e. The number of carbonyl (C=O) groups excluding carboxylic acids is 1. The SMILES string of the molecule is C=CS(=O)(=O)CCCCC=O. The fourth-order valence-corrected chi connectivity index (χ4v) is 1.39. The van der Waals surface area contributed by atoms with Gasteiger partial charge in [-0.25, -0.2) is 8.42 Å². The third-order valence-corrected chi connectivity index (χ3v) is 2.62. The van der Waals surface area contributed by atoms with E-state index in [4.69, 9.17) is 0 Å². The van der Waals surface area contributed by atoms with E-state index in [1.54, 1.807) is 0 Å². The van der Waals surface area contributed by atoms with Crippen LogP contribution in [0.3, 0.4) is 0 Å². The van der Waals surface area contributed by atoms with Gasteiger partial charge in [-0.1, -0.05) is 6.58 Å². The first-order valence-corrected chi connectivity index (χ1v) is 5.13. The zero-order chi connectivity index (χ0) is 8.74. The molecule has 0 rings (SSSR count). The molecule has 4 heteroatoms. The van der Waals surface area contributed by atoms with Crippen molar-refractivity contribution in [3.05, 3.63) is 12.0 Å². The molecule has 0 spiro atoms. The Hall–Kier alpha value is -0.640. The summed E-state index contributed by atoms with van der Waals surface area (Å²) in [5.41, 5.74) is 0. The topological polar surface area (TPSA) is 51.2 Å². The van der Waals surface area contributed by atoms with Crippen molar-refractivity contribution in [3.63, 3.8) is 0 Å². The first kappa shape index (κ1) is 10.4. The molecule has 0 aromatic heterocycles. The van der Waals surface area contributed by atoms with Gasteiger partial charge in [0.05, 0.1) is 5.75 Å². The van der Waals surface area contributed by atoms with Gasteiger partial charge in [-0.3, -0.25) is 0 Å². The van der Waals surface area contributed by atoms with E-state index in [1.807, 2.05) is 0 Å². The molecule has 0 bridgehead atoms. The Kier molecular flexibility index (Phi) is 4.77. The molecule has 0 aliphatic carbocycles. The van der Waals surface area contributed by atoms with E-state index in [1.165, 1.54) is 0 Å². The molecule has 0 aromatic carbocycles. The van der Waals surface area contributed by atoms with E-state index < -0.39 is 9.84 Å². The number of carbonyl (C=O) groups is 1. The summed E-state index contributed by atoms with van der Waals surface area (Å²) in [6.45, 7) is 3.17. The van der Waals surface area contributed by atoms with Crippen molar-refractivity contribution < 1.29 is 13.2 Å². The molecule has 0 unspecified atom stereocenters. The average molecular weight is 176 g/mol. The van der Waals surface area contributed by atoms with Crippen LogP contribution in [0.25, 0.3) is 0 Å². The molecule has 11 heavy (non-hydrogen) atoms. The zero-order valence-electron chi connectivity index (χ0n) is 6.32. The molecule has 0 N–H and O–H groups in total. The van der Waals surface area contributed by atoms with Crippen molar-refractivity contribution in [1.82, 2.24) is 0 Å². The second-order valence-electron chi connectivity index (χ2n) is 2.20. The fraction of sp³-hybridized carbons (Fsp3) is 0.571. The molecule has 0 fully saturated rings. The Balaban J connectivity index is 3.54. The lowest BCUT2D eigenvalue weighted by Gasteiger charge is -1.94. The summed E-state index contributed by atoms with van der Waals surface area (Å²) in [6, 6.07) is 0. The van der Waals surface area contributed by atoms with Gasteiger partial charge in [0.25, 0.3) is 0 Å². The molecule has 0 radical (unpaired) electrons. The Morgan fingerprint density at radius 1 is 1.27 bits per heavy atom. The van der Waals surface area contributed by atoms with Gasteiger partial charge in [-0.05, 0) is 12.8 Å². The summed E-state index contributed by atoms with van der Waals surface area (Å²) < 4.78 is 21.5. The third kappa shape index (κ3) is 5.79. The van der Waals surface area contributed by atoms with Crippen molar-refractivity contribution in [2.75, 3.05) is 5.75 Å². The Morgan fingerprint density at radius 3 is 2.36 bits per heavy atom. The number of hydrogen-bond acceptors (Lipinski definition) is 3. The van der Waals surface area contributed by atoms with Gasteiger partial charge in [0.2, 0.25) is 0 Å². The summed E-state index contributed by atoms with van der Waals surface area (Å²) in [5, 5.41) is 0.952. The molecule has 0 aliphatic rings. The number of unbranched alkanes of at least 4 members (excludes halogenated alkanes) is 2. The van der Waals surface area contributed by atoms with E-state index >= 15 is 0 Å². The monoisotopic (exact) mass is 176 g/mol. The predicted octanol–water partition coefficient (Wildman–Crippen LogP) is 0.914. The van der Waals surface area contributed by atoms with Gasteiger partial charge < -0.3 is 4.79 Å². The second-order valence-corrected chi connectivity index (χ2v) is 4.26. The van der Waals surface area contributed by atoms with E-state index in [0.717, 1.165) is 11.7 Å². The van der Waals surface area contributed by atoms with Crippen molar-refractivity contribution in [1.29, 1.82) is 0 Å². The van der Waals surface area contributed by atoms with Gasteiger partial charge in [-0.2, -0.15) is 0 Å². The number of hydrogen-bond donors (Lipinski definition) is 0. The second kappa shape index (κ2) is 5.07. The van der Waals surface area contributed by atoms with Crippen LogP contribution in [0, 0.1) is 0 Å². The summed E-state index contributed by atoms with van der Waals surface area (Å²) in [5.74, 6) is 0.102. The van der Waals surface area contributed by atoms with Crippen LogP contribution in [0.5, 0.6) is 0 Å². The molecule has 3 nitrogen and oxygen atoms in total. The normalized spacial score (nSPS) is 10.9. The van der Waals surface area contributed by atoms with E-state index in [-0.39, 0.29) is 5.75 Å². The highest BCUT2D eigenvalue weighted by Gasteiger charge is 2.02. The molecule has 0 heterocycles. The minimum atomic E-state index is -3.05. The highest BCUT2D eigenvalue weighted by Crippen LogP contribution is 1.99. The minimum absolute atomic E-state index is 0.102. The van der Waals surface area contributed by atoms with Crippen molar-refractivity contribution >= 4 is 16.1 Å². The van der Waals surface area contributed by atoms with Crippen molar-refractivity contribution in [2.24, 2.45) is 0 Å². The number of aldehydes is 1. The molecule has 0 aromatic rings. The summed E-state index contributed by atoms with van der Waals surface area (Å²) in [7, 11) is -3.05. The zero-order valence-corrected chi connectivity index (χ0v) is 7.14. The van der Waals surface area contributed by atoms with Crippen LogP contribution in [0.1, 0.15) is 19.3 Å². The Bertz CT molecular complexity index is 216. The summed E-state index contributed by atoms with van der Waals surface area (Å²) >= 11 is 0. The molecule has 0 amide bonds. The minimum Gasteiger partial charge on any atom is -0.303 e. The Morgan fingerprint density at radius 2 is 1.91 bits per heavy atom. The summed E-state index contributed by atoms with van der Waals surface area (Å²) in [4.78, 5) is 9.83. The fourth-order valence-electron chi connectivity index (χ4n) is 0.614. The van der Waals surface area contributed by atoms with E-state index in [0.29, 0.717) is 19.3 Å². The van der Waals surface area contributed by atoms with Crippen molar-refractivity contribution in [2.45, 2.75) is 19.3 Å². The number of rotatable bonds is 6. The van der Waals surface area contributed by atoms with Gasteiger partial charge in [0.15, 0.2) is 9.84 Å². The van der Waals surface area contributed by atoms with Crippen LogP contribution >= 0.6 is 0 Å².